The first kappa shape index (κ1) is 16.2. The molecule has 0 bridgehead atoms. The molecule has 8 nitrogen and oxygen atoms in total. The average Bonchev–Trinajstić information content (AvgIpc) is 2.63. The summed E-state index contributed by atoms with van der Waals surface area (Å²) < 4.78 is 5.41. The van der Waals surface area contributed by atoms with Crippen molar-refractivity contribution >= 4 is 5.84 Å². The average molecular weight is 330 g/mol. The van der Waals surface area contributed by atoms with Crippen molar-refractivity contribution in [3.05, 3.63) is 69.9 Å². The molecule has 1 aromatic rings. The Morgan fingerprint density at radius 3 is 2.71 bits per heavy atom. The molecule has 1 atom stereocenters. The standard InChI is InChI=1S/C16H18N4O4/c21-16(20(22)23)13-6-7-17-15(18-13)14(12-4-2-1-3-5-12)19-8-10-24-11-9-19/h1-7,14,21H,8-11H2,(H,17,18). The van der Waals surface area contributed by atoms with Crippen LogP contribution < -0.4 is 5.32 Å². The molecule has 1 fully saturated rings. The molecular formula is C16H18N4O4. The van der Waals surface area contributed by atoms with Crippen LogP contribution in [0.15, 0.2) is 59.2 Å². The van der Waals surface area contributed by atoms with E-state index in [1.165, 1.54) is 12.3 Å². The number of ether oxygens (including phenoxy) is 1. The van der Waals surface area contributed by atoms with Gasteiger partial charge in [-0.25, -0.2) is 4.99 Å². The maximum absolute atomic E-state index is 10.8. The summed E-state index contributed by atoms with van der Waals surface area (Å²) in [4.78, 5) is 16.5. The van der Waals surface area contributed by atoms with Gasteiger partial charge in [0, 0.05) is 19.3 Å². The van der Waals surface area contributed by atoms with Gasteiger partial charge in [-0.15, -0.1) is 0 Å². The van der Waals surface area contributed by atoms with Crippen molar-refractivity contribution in [2.75, 3.05) is 26.3 Å². The zero-order chi connectivity index (χ0) is 16.9. The van der Waals surface area contributed by atoms with Crippen LogP contribution in [0, 0.1) is 10.1 Å². The van der Waals surface area contributed by atoms with Gasteiger partial charge in [0.1, 0.15) is 10.8 Å². The fourth-order valence-electron chi connectivity index (χ4n) is 2.78. The normalized spacial score (nSPS) is 21.6. The molecule has 1 unspecified atom stereocenters. The van der Waals surface area contributed by atoms with Gasteiger partial charge in [-0.2, -0.15) is 0 Å². The topological polar surface area (TPSA) is 100 Å². The third-order valence-electron chi connectivity index (χ3n) is 3.92. The SMILES string of the molecule is O=[N+]([O-])C(O)=C1C=CN=C(C(c2ccccc2)N2CCOCC2)N1. The molecule has 0 aromatic heterocycles. The van der Waals surface area contributed by atoms with Crippen LogP contribution in [0.25, 0.3) is 0 Å². The minimum atomic E-state index is -0.924. The second kappa shape index (κ2) is 7.24. The van der Waals surface area contributed by atoms with Crippen molar-refractivity contribution in [1.29, 1.82) is 0 Å². The van der Waals surface area contributed by atoms with E-state index in [0.717, 1.165) is 18.7 Å². The number of amidine groups is 1. The first-order valence-electron chi connectivity index (χ1n) is 7.62. The van der Waals surface area contributed by atoms with Gasteiger partial charge in [-0.05, 0) is 11.6 Å². The number of rotatable bonds is 4. The van der Waals surface area contributed by atoms with E-state index in [1.54, 1.807) is 0 Å². The predicted molar refractivity (Wildman–Crippen MR) is 87.9 cm³/mol. The minimum Gasteiger partial charge on any atom is -0.454 e. The molecule has 2 N–H and O–H groups in total. The van der Waals surface area contributed by atoms with E-state index in [2.05, 4.69) is 15.2 Å². The Kier molecular flexibility index (Phi) is 4.88. The first-order chi connectivity index (χ1) is 11.7. The lowest BCUT2D eigenvalue weighted by Gasteiger charge is -2.36. The zero-order valence-electron chi connectivity index (χ0n) is 13.0. The van der Waals surface area contributed by atoms with Crippen LogP contribution in [0.1, 0.15) is 11.6 Å². The Hall–Kier alpha value is -2.71. The highest BCUT2D eigenvalue weighted by atomic mass is 16.7. The molecule has 2 aliphatic heterocycles. The molecule has 0 spiro atoms. The third kappa shape index (κ3) is 3.44. The van der Waals surface area contributed by atoms with Gasteiger partial charge < -0.3 is 15.2 Å². The van der Waals surface area contributed by atoms with E-state index in [4.69, 9.17) is 4.74 Å². The molecule has 8 heteroatoms. The Morgan fingerprint density at radius 1 is 1.33 bits per heavy atom. The van der Waals surface area contributed by atoms with E-state index in [1.807, 2.05) is 30.3 Å². The minimum absolute atomic E-state index is 0.0270. The molecule has 2 aliphatic rings. The van der Waals surface area contributed by atoms with Crippen molar-refractivity contribution in [2.45, 2.75) is 6.04 Å². The molecule has 3 rings (SSSR count). The van der Waals surface area contributed by atoms with Gasteiger partial charge in [-0.1, -0.05) is 30.3 Å². The number of nitro groups is 1. The Bertz CT molecular complexity index is 693. The smallest absolute Gasteiger partial charge is 0.449 e. The third-order valence-corrected chi connectivity index (χ3v) is 3.92. The highest BCUT2D eigenvalue weighted by molar-refractivity contribution is 5.91. The van der Waals surface area contributed by atoms with Crippen LogP contribution in [-0.4, -0.2) is 47.1 Å². The van der Waals surface area contributed by atoms with E-state index in [0.29, 0.717) is 19.0 Å². The maximum Gasteiger partial charge on any atom is 0.449 e. The fourth-order valence-corrected chi connectivity index (χ4v) is 2.78. The summed E-state index contributed by atoms with van der Waals surface area (Å²) in [7, 11) is 0. The lowest BCUT2D eigenvalue weighted by Crippen LogP contribution is -2.46. The molecule has 126 valence electrons. The quantitative estimate of drug-likeness (QED) is 0.494. The molecule has 24 heavy (non-hydrogen) atoms. The molecule has 0 amide bonds. The predicted octanol–water partition coefficient (Wildman–Crippen LogP) is 1.58. The van der Waals surface area contributed by atoms with Crippen molar-refractivity contribution in [3.8, 4) is 0 Å². The number of benzene rings is 1. The molecule has 0 radical (unpaired) electrons. The van der Waals surface area contributed by atoms with E-state index >= 15 is 0 Å². The van der Waals surface area contributed by atoms with Crippen LogP contribution in [0.4, 0.5) is 0 Å². The Labute approximate surface area is 138 Å². The van der Waals surface area contributed by atoms with Crippen LogP contribution in [0.3, 0.4) is 0 Å². The number of hydrogen-bond acceptors (Lipinski definition) is 7. The van der Waals surface area contributed by atoms with Crippen molar-refractivity contribution in [2.24, 2.45) is 4.99 Å². The number of nitrogens with one attached hydrogen (secondary N) is 1. The lowest BCUT2D eigenvalue weighted by atomic mass is 10.0. The fraction of sp³-hybridized carbons (Fsp3) is 0.312. The molecule has 0 aliphatic carbocycles. The second-order valence-electron chi connectivity index (χ2n) is 5.41. The molecule has 1 saturated heterocycles. The van der Waals surface area contributed by atoms with E-state index in [9.17, 15) is 15.2 Å². The van der Waals surface area contributed by atoms with Crippen LogP contribution >= 0.6 is 0 Å². The van der Waals surface area contributed by atoms with Gasteiger partial charge in [0.05, 0.1) is 19.3 Å². The van der Waals surface area contributed by atoms with Crippen molar-refractivity contribution in [1.82, 2.24) is 10.2 Å². The molecule has 1 aromatic carbocycles. The zero-order valence-corrected chi connectivity index (χ0v) is 13.0. The lowest BCUT2D eigenvalue weighted by molar-refractivity contribution is -0.460. The summed E-state index contributed by atoms with van der Waals surface area (Å²) >= 11 is 0. The molecule has 2 heterocycles. The first-order valence-corrected chi connectivity index (χ1v) is 7.62. The Balaban J connectivity index is 1.94. The summed E-state index contributed by atoms with van der Waals surface area (Å²) in [5.41, 5.74) is 1.04. The highest BCUT2D eigenvalue weighted by Gasteiger charge is 2.30. The van der Waals surface area contributed by atoms with Crippen LogP contribution in [0.5, 0.6) is 0 Å². The van der Waals surface area contributed by atoms with Gasteiger partial charge in [0.15, 0.2) is 5.70 Å². The van der Waals surface area contributed by atoms with Gasteiger partial charge >= 0.3 is 5.88 Å². The number of allylic oxidation sites excluding steroid dienone is 1. The maximum atomic E-state index is 10.8. The summed E-state index contributed by atoms with van der Waals surface area (Å²) in [6.45, 7) is 2.69. The highest BCUT2D eigenvalue weighted by Crippen LogP contribution is 2.25. The van der Waals surface area contributed by atoms with E-state index in [-0.39, 0.29) is 11.7 Å². The number of aliphatic hydroxyl groups is 1. The number of morpholine rings is 1. The Morgan fingerprint density at radius 2 is 2.04 bits per heavy atom. The van der Waals surface area contributed by atoms with Crippen molar-refractivity contribution < 1.29 is 14.8 Å². The second-order valence-corrected chi connectivity index (χ2v) is 5.41. The summed E-state index contributed by atoms with van der Waals surface area (Å²) in [5, 5.41) is 23.3. The summed E-state index contributed by atoms with van der Waals surface area (Å²) in [6, 6.07) is 9.58. The summed E-state index contributed by atoms with van der Waals surface area (Å²) in [6.07, 6.45) is 2.83. The van der Waals surface area contributed by atoms with Gasteiger partial charge in [0.2, 0.25) is 0 Å². The number of aliphatic hydroxyl groups excluding tert-OH is 1. The largest absolute Gasteiger partial charge is 0.454 e. The summed E-state index contributed by atoms with van der Waals surface area (Å²) in [5.74, 6) is -0.388. The van der Waals surface area contributed by atoms with Crippen LogP contribution in [0.2, 0.25) is 0 Å². The molecule has 0 saturated carbocycles. The monoisotopic (exact) mass is 330 g/mol. The van der Waals surface area contributed by atoms with Crippen LogP contribution in [-0.2, 0) is 4.74 Å². The number of aliphatic imine (C=N–C) groups is 1. The van der Waals surface area contributed by atoms with Crippen molar-refractivity contribution in [3.63, 3.8) is 0 Å². The molecular weight excluding hydrogens is 312 g/mol. The van der Waals surface area contributed by atoms with E-state index < -0.39 is 10.8 Å². The van der Waals surface area contributed by atoms with Gasteiger partial charge in [0.25, 0.3) is 0 Å². The van der Waals surface area contributed by atoms with Gasteiger partial charge in [-0.3, -0.25) is 15.0 Å². The number of nitrogens with zero attached hydrogens (tertiary/aromatic N) is 3. The number of hydrogen-bond donors (Lipinski definition) is 2.